The van der Waals surface area contributed by atoms with Crippen molar-refractivity contribution in [1.29, 1.82) is 0 Å². The number of nitrogens with zero attached hydrogens (tertiary/aromatic N) is 1. The molecule has 0 saturated heterocycles. The SMILES string of the molecule is CC(N)Cc1cccnc1Oc1cc(F)c(Cl)cc1Br. The number of benzene rings is 1. The van der Waals surface area contributed by atoms with Crippen LogP contribution in [0.5, 0.6) is 11.6 Å². The topological polar surface area (TPSA) is 48.1 Å². The smallest absolute Gasteiger partial charge is 0.222 e. The van der Waals surface area contributed by atoms with Crippen molar-refractivity contribution >= 4 is 27.5 Å². The van der Waals surface area contributed by atoms with Crippen molar-refractivity contribution in [2.45, 2.75) is 19.4 Å². The molecule has 0 bridgehead atoms. The van der Waals surface area contributed by atoms with Gasteiger partial charge in [-0.15, -0.1) is 0 Å². The summed E-state index contributed by atoms with van der Waals surface area (Å²) in [6.07, 6.45) is 2.23. The summed E-state index contributed by atoms with van der Waals surface area (Å²) in [5.41, 5.74) is 6.66. The Labute approximate surface area is 130 Å². The second-order valence-corrected chi connectivity index (χ2v) is 5.71. The molecule has 2 N–H and O–H groups in total. The summed E-state index contributed by atoms with van der Waals surface area (Å²) >= 11 is 8.98. The van der Waals surface area contributed by atoms with Crippen LogP contribution >= 0.6 is 27.5 Å². The number of aromatic nitrogens is 1. The number of hydrogen-bond donors (Lipinski definition) is 1. The quantitative estimate of drug-likeness (QED) is 0.827. The predicted molar refractivity (Wildman–Crippen MR) is 80.8 cm³/mol. The number of pyridine rings is 1. The molecule has 0 amide bonds. The highest BCUT2D eigenvalue weighted by Gasteiger charge is 2.12. The highest BCUT2D eigenvalue weighted by Crippen LogP contribution is 2.34. The Morgan fingerprint density at radius 1 is 1.50 bits per heavy atom. The first-order chi connectivity index (χ1) is 9.47. The summed E-state index contributed by atoms with van der Waals surface area (Å²) in [4.78, 5) is 4.17. The maximum Gasteiger partial charge on any atom is 0.222 e. The van der Waals surface area contributed by atoms with E-state index in [9.17, 15) is 4.39 Å². The Morgan fingerprint density at radius 2 is 2.25 bits per heavy atom. The molecular weight excluding hydrogens is 347 g/mol. The Kier molecular flexibility index (Phi) is 4.96. The van der Waals surface area contributed by atoms with Crippen molar-refractivity contribution < 1.29 is 9.13 Å². The lowest BCUT2D eigenvalue weighted by molar-refractivity contribution is 0.447. The zero-order valence-corrected chi connectivity index (χ0v) is 13.1. The van der Waals surface area contributed by atoms with E-state index in [1.54, 1.807) is 6.20 Å². The van der Waals surface area contributed by atoms with E-state index in [0.717, 1.165) is 5.56 Å². The third kappa shape index (κ3) is 3.69. The molecule has 3 nitrogen and oxygen atoms in total. The van der Waals surface area contributed by atoms with Crippen LogP contribution in [-0.2, 0) is 6.42 Å². The van der Waals surface area contributed by atoms with Crippen LogP contribution in [0.4, 0.5) is 4.39 Å². The van der Waals surface area contributed by atoms with Gasteiger partial charge in [0.2, 0.25) is 5.88 Å². The predicted octanol–water partition coefficient (Wildman–Crippen LogP) is 4.32. The van der Waals surface area contributed by atoms with Gasteiger partial charge >= 0.3 is 0 Å². The maximum absolute atomic E-state index is 13.5. The number of ether oxygens (including phenoxy) is 1. The molecule has 1 aromatic heterocycles. The zero-order chi connectivity index (χ0) is 14.7. The van der Waals surface area contributed by atoms with Crippen molar-refractivity contribution in [3.8, 4) is 11.6 Å². The summed E-state index contributed by atoms with van der Waals surface area (Å²) in [6.45, 7) is 1.90. The van der Waals surface area contributed by atoms with E-state index in [2.05, 4.69) is 20.9 Å². The second-order valence-electron chi connectivity index (χ2n) is 4.45. The highest BCUT2D eigenvalue weighted by atomic mass is 79.9. The van der Waals surface area contributed by atoms with Crippen LogP contribution in [0.3, 0.4) is 0 Å². The Hall–Kier alpha value is -1.17. The standard InChI is InChI=1S/C14H13BrClFN2O/c1-8(18)5-9-3-2-4-19-14(9)20-13-7-12(17)11(16)6-10(13)15/h2-4,6-8H,5,18H2,1H3. The molecule has 0 spiro atoms. The van der Waals surface area contributed by atoms with Crippen molar-refractivity contribution in [1.82, 2.24) is 4.98 Å². The molecule has 0 saturated carbocycles. The van der Waals surface area contributed by atoms with Crippen molar-refractivity contribution in [3.05, 3.63) is 51.3 Å². The molecule has 2 rings (SSSR count). The minimum absolute atomic E-state index is 0.0213. The van der Waals surface area contributed by atoms with Crippen molar-refractivity contribution in [3.63, 3.8) is 0 Å². The minimum Gasteiger partial charge on any atom is -0.437 e. The van der Waals surface area contributed by atoms with Gasteiger partial charge < -0.3 is 10.5 Å². The van der Waals surface area contributed by atoms with Gasteiger partial charge in [-0.25, -0.2) is 9.37 Å². The summed E-state index contributed by atoms with van der Waals surface area (Å²) in [5, 5.41) is 0.0287. The van der Waals surface area contributed by atoms with Crippen LogP contribution in [0.1, 0.15) is 12.5 Å². The average Bonchev–Trinajstić information content (AvgIpc) is 2.37. The van der Waals surface area contributed by atoms with Gasteiger partial charge in [0.1, 0.15) is 11.6 Å². The van der Waals surface area contributed by atoms with E-state index in [4.69, 9.17) is 22.1 Å². The van der Waals surface area contributed by atoms with E-state index in [0.29, 0.717) is 22.5 Å². The molecule has 106 valence electrons. The third-order valence-electron chi connectivity index (χ3n) is 2.57. The lowest BCUT2D eigenvalue weighted by Gasteiger charge is -2.12. The van der Waals surface area contributed by atoms with Crippen LogP contribution in [0, 0.1) is 5.82 Å². The van der Waals surface area contributed by atoms with Crippen molar-refractivity contribution in [2.75, 3.05) is 0 Å². The van der Waals surface area contributed by atoms with Crippen LogP contribution in [0.2, 0.25) is 5.02 Å². The first kappa shape index (κ1) is 15.2. The molecule has 0 fully saturated rings. The second kappa shape index (κ2) is 6.52. The van der Waals surface area contributed by atoms with Gasteiger partial charge in [-0.05, 0) is 41.4 Å². The Morgan fingerprint density at radius 3 is 2.95 bits per heavy atom. The lowest BCUT2D eigenvalue weighted by atomic mass is 10.1. The van der Waals surface area contributed by atoms with Gasteiger partial charge in [0, 0.05) is 23.9 Å². The molecule has 0 aliphatic heterocycles. The first-order valence-corrected chi connectivity index (χ1v) is 7.16. The fourth-order valence-corrected chi connectivity index (χ4v) is 2.42. The molecule has 1 aromatic carbocycles. The van der Waals surface area contributed by atoms with Gasteiger partial charge in [-0.2, -0.15) is 0 Å². The maximum atomic E-state index is 13.5. The van der Waals surface area contributed by atoms with Crippen LogP contribution in [0.15, 0.2) is 34.9 Å². The van der Waals surface area contributed by atoms with Gasteiger partial charge in [0.25, 0.3) is 0 Å². The fraction of sp³-hybridized carbons (Fsp3) is 0.214. The highest BCUT2D eigenvalue weighted by molar-refractivity contribution is 9.10. The molecule has 20 heavy (non-hydrogen) atoms. The molecule has 2 aromatic rings. The largest absolute Gasteiger partial charge is 0.437 e. The fourth-order valence-electron chi connectivity index (χ4n) is 1.70. The molecule has 0 aliphatic carbocycles. The van der Waals surface area contributed by atoms with Crippen LogP contribution < -0.4 is 10.5 Å². The van der Waals surface area contributed by atoms with E-state index in [1.807, 2.05) is 19.1 Å². The third-order valence-corrected chi connectivity index (χ3v) is 3.48. The van der Waals surface area contributed by atoms with Crippen LogP contribution in [0.25, 0.3) is 0 Å². The number of hydrogen-bond acceptors (Lipinski definition) is 3. The first-order valence-electron chi connectivity index (χ1n) is 5.99. The summed E-state index contributed by atoms with van der Waals surface area (Å²) < 4.78 is 19.7. The molecule has 1 atom stereocenters. The van der Waals surface area contributed by atoms with Gasteiger partial charge in [0.05, 0.1) is 9.50 Å². The Bertz CT molecular complexity index is 622. The van der Waals surface area contributed by atoms with E-state index in [1.165, 1.54) is 12.1 Å². The van der Waals surface area contributed by atoms with E-state index >= 15 is 0 Å². The molecule has 0 aliphatic rings. The normalized spacial score (nSPS) is 12.2. The lowest BCUT2D eigenvalue weighted by Crippen LogP contribution is -2.18. The summed E-state index contributed by atoms with van der Waals surface area (Å²) in [5.74, 6) is 0.179. The van der Waals surface area contributed by atoms with Gasteiger partial charge in [-0.1, -0.05) is 17.7 Å². The Balaban J connectivity index is 2.33. The van der Waals surface area contributed by atoms with Crippen LogP contribution in [-0.4, -0.2) is 11.0 Å². The molecule has 6 heteroatoms. The number of nitrogens with two attached hydrogens (primary N) is 1. The molecule has 1 heterocycles. The summed E-state index contributed by atoms with van der Waals surface area (Å²) in [6, 6.07) is 6.33. The van der Waals surface area contributed by atoms with E-state index < -0.39 is 5.82 Å². The summed E-state index contributed by atoms with van der Waals surface area (Å²) in [7, 11) is 0. The minimum atomic E-state index is -0.547. The molecule has 1 unspecified atom stereocenters. The van der Waals surface area contributed by atoms with Gasteiger partial charge in [-0.3, -0.25) is 0 Å². The van der Waals surface area contributed by atoms with Gasteiger partial charge in [0.15, 0.2) is 0 Å². The monoisotopic (exact) mass is 358 g/mol. The molecule has 0 radical (unpaired) electrons. The number of rotatable bonds is 4. The zero-order valence-electron chi connectivity index (χ0n) is 10.7. The number of halogens is 3. The average molecular weight is 360 g/mol. The van der Waals surface area contributed by atoms with Crippen molar-refractivity contribution in [2.24, 2.45) is 5.73 Å². The molecular formula is C14H13BrClFN2O. The van der Waals surface area contributed by atoms with E-state index in [-0.39, 0.29) is 11.1 Å².